The summed E-state index contributed by atoms with van der Waals surface area (Å²) in [7, 11) is -3.62. The predicted octanol–water partition coefficient (Wildman–Crippen LogP) is 2.95. The van der Waals surface area contributed by atoms with E-state index in [2.05, 4.69) is 0 Å². The number of thiophene rings is 1. The molecule has 0 saturated carbocycles. The van der Waals surface area contributed by atoms with Crippen LogP contribution >= 0.6 is 11.3 Å². The second-order valence-electron chi connectivity index (χ2n) is 7.38. The minimum atomic E-state index is -3.62. The van der Waals surface area contributed by atoms with E-state index in [0.29, 0.717) is 42.2 Å². The van der Waals surface area contributed by atoms with Gasteiger partial charge in [-0.1, -0.05) is 6.07 Å². The van der Waals surface area contributed by atoms with Gasteiger partial charge in [0.05, 0.1) is 16.5 Å². The number of amides is 1. The molecule has 29 heavy (non-hydrogen) atoms. The average Bonchev–Trinajstić information content (AvgIpc) is 3.33. The van der Waals surface area contributed by atoms with Crippen molar-refractivity contribution < 1.29 is 18.1 Å². The Labute approximate surface area is 172 Å². The van der Waals surface area contributed by atoms with Crippen molar-refractivity contribution in [2.45, 2.75) is 30.4 Å². The molecule has 10 heteroatoms. The first kappa shape index (κ1) is 20.0. The lowest BCUT2D eigenvalue weighted by Crippen LogP contribution is -2.46. The van der Waals surface area contributed by atoms with Crippen LogP contribution in [-0.4, -0.2) is 43.2 Å². The average molecular weight is 436 g/mol. The van der Waals surface area contributed by atoms with Crippen molar-refractivity contribution in [3.63, 3.8) is 0 Å². The molecule has 3 heterocycles. The van der Waals surface area contributed by atoms with Crippen LogP contribution in [0.4, 0.5) is 11.4 Å². The molecule has 1 amide bonds. The van der Waals surface area contributed by atoms with Gasteiger partial charge in [-0.3, -0.25) is 14.9 Å². The third kappa shape index (κ3) is 3.67. The number of hydrogen-bond donors (Lipinski definition) is 0. The van der Waals surface area contributed by atoms with E-state index in [0.717, 1.165) is 10.4 Å². The topological polar surface area (TPSA) is 101 Å². The lowest BCUT2D eigenvalue weighted by atomic mass is 9.98. The maximum atomic E-state index is 13.2. The number of nitrogens with zero attached hydrogens (tertiary/aromatic N) is 3. The van der Waals surface area contributed by atoms with Gasteiger partial charge in [-0.15, -0.1) is 11.3 Å². The van der Waals surface area contributed by atoms with Crippen molar-refractivity contribution in [3.05, 3.63) is 50.9 Å². The highest BCUT2D eigenvalue weighted by Crippen LogP contribution is 2.35. The van der Waals surface area contributed by atoms with Crippen LogP contribution in [0.3, 0.4) is 0 Å². The monoisotopic (exact) mass is 435 g/mol. The van der Waals surface area contributed by atoms with E-state index in [1.165, 1.54) is 27.8 Å². The second-order valence-corrected chi connectivity index (χ2v) is 10.8. The van der Waals surface area contributed by atoms with Gasteiger partial charge in [0.25, 0.3) is 15.7 Å². The summed E-state index contributed by atoms with van der Waals surface area (Å²) in [5, 5.41) is 11.1. The quantitative estimate of drug-likeness (QED) is 0.543. The zero-order chi connectivity index (χ0) is 20.8. The van der Waals surface area contributed by atoms with Gasteiger partial charge in [0, 0.05) is 36.6 Å². The summed E-state index contributed by atoms with van der Waals surface area (Å²) in [4.78, 5) is 26.3. The van der Waals surface area contributed by atoms with E-state index >= 15 is 0 Å². The van der Waals surface area contributed by atoms with Gasteiger partial charge in [0.2, 0.25) is 5.91 Å². The number of nitro benzene ring substituents is 1. The highest BCUT2D eigenvalue weighted by Gasteiger charge is 2.37. The fraction of sp³-hybridized carbons (Fsp3) is 0.421. The normalized spacial score (nSPS) is 19.9. The molecule has 0 bridgehead atoms. The molecule has 0 N–H and O–H groups in total. The fourth-order valence-corrected chi connectivity index (χ4v) is 6.93. The van der Waals surface area contributed by atoms with Crippen LogP contribution in [0.5, 0.6) is 0 Å². The van der Waals surface area contributed by atoms with Gasteiger partial charge < -0.3 is 4.90 Å². The molecule has 0 radical (unpaired) electrons. The summed E-state index contributed by atoms with van der Waals surface area (Å²) in [6.07, 6.45) is 1.85. The Hall–Kier alpha value is -2.30. The Morgan fingerprint density at radius 1 is 1.24 bits per heavy atom. The minimum absolute atomic E-state index is 0.0515. The molecule has 4 rings (SSSR count). The van der Waals surface area contributed by atoms with Crippen LogP contribution in [0, 0.1) is 23.0 Å². The molecule has 2 aliphatic heterocycles. The number of fused-ring (bicyclic) bond motifs is 1. The third-order valence-corrected chi connectivity index (χ3v) is 8.82. The molecular weight excluding hydrogens is 414 g/mol. The number of carbonyl (C=O) groups is 1. The smallest absolute Gasteiger partial charge is 0.271 e. The molecule has 1 fully saturated rings. The Kier molecular flexibility index (Phi) is 5.18. The van der Waals surface area contributed by atoms with Gasteiger partial charge >= 0.3 is 0 Å². The zero-order valence-corrected chi connectivity index (χ0v) is 17.5. The van der Waals surface area contributed by atoms with Crippen LogP contribution in [0.1, 0.15) is 23.3 Å². The maximum absolute atomic E-state index is 13.2. The predicted molar refractivity (Wildman–Crippen MR) is 110 cm³/mol. The molecule has 2 aliphatic rings. The molecule has 1 atom stereocenters. The number of aryl methyl sites for hydroxylation is 1. The van der Waals surface area contributed by atoms with Gasteiger partial charge in [0.1, 0.15) is 4.21 Å². The Balaban J connectivity index is 1.55. The number of anilines is 1. The Morgan fingerprint density at radius 2 is 2.03 bits per heavy atom. The summed E-state index contributed by atoms with van der Waals surface area (Å²) in [5.74, 6) is -0.615. The SMILES string of the molecule is Cc1ccc(S(=O)(=O)N2CCCC(C(=O)N3CCc4ccc([N+](=O)[O-])cc43)C2)s1. The number of hydrogen-bond acceptors (Lipinski definition) is 6. The van der Waals surface area contributed by atoms with Crippen LogP contribution < -0.4 is 4.90 Å². The number of rotatable bonds is 4. The number of nitro groups is 1. The van der Waals surface area contributed by atoms with Crippen molar-refractivity contribution in [1.29, 1.82) is 0 Å². The van der Waals surface area contributed by atoms with Crippen LogP contribution in [0.2, 0.25) is 0 Å². The van der Waals surface area contributed by atoms with Crippen molar-refractivity contribution in [3.8, 4) is 0 Å². The van der Waals surface area contributed by atoms with Gasteiger partial charge in [-0.05, 0) is 43.9 Å². The van der Waals surface area contributed by atoms with Gasteiger partial charge in [0.15, 0.2) is 0 Å². The summed E-state index contributed by atoms with van der Waals surface area (Å²) in [5.41, 5.74) is 1.42. The number of sulfonamides is 1. The molecule has 1 aromatic heterocycles. The molecule has 154 valence electrons. The largest absolute Gasteiger partial charge is 0.311 e. The molecule has 0 aliphatic carbocycles. The lowest BCUT2D eigenvalue weighted by molar-refractivity contribution is -0.384. The fourth-order valence-electron chi connectivity index (χ4n) is 3.97. The molecule has 1 saturated heterocycles. The molecule has 2 aromatic rings. The summed E-state index contributed by atoms with van der Waals surface area (Å²) in [6.45, 7) is 2.85. The van der Waals surface area contributed by atoms with E-state index in [1.54, 1.807) is 23.1 Å². The van der Waals surface area contributed by atoms with E-state index in [-0.39, 0.29) is 18.1 Å². The molecular formula is C19H21N3O5S2. The van der Waals surface area contributed by atoms with E-state index < -0.39 is 20.9 Å². The van der Waals surface area contributed by atoms with Crippen molar-refractivity contribution in [2.75, 3.05) is 24.5 Å². The molecule has 0 spiro atoms. The van der Waals surface area contributed by atoms with Crippen LogP contribution in [-0.2, 0) is 21.2 Å². The number of piperidine rings is 1. The summed E-state index contributed by atoms with van der Waals surface area (Å²) >= 11 is 1.23. The van der Waals surface area contributed by atoms with Crippen molar-refractivity contribution in [1.82, 2.24) is 4.31 Å². The van der Waals surface area contributed by atoms with Gasteiger partial charge in [-0.25, -0.2) is 8.42 Å². The summed E-state index contributed by atoms with van der Waals surface area (Å²) < 4.78 is 27.6. The second kappa shape index (κ2) is 7.51. The van der Waals surface area contributed by atoms with E-state index in [4.69, 9.17) is 0 Å². The van der Waals surface area contributed by atoms with Crippen LogP contribution in [0.15, 0.2) is 34.5 Å². The molecule has 8 nitrogen and oxygen atoms in total. The van der Waals surface area contributed by atoms with Crippen molar-refractivity contribution in [2.24, 2.45) is 5.92 Å². The maximum Gasteiger partial charge on any atom is 0.271 e. The minimum Gasteiger partial charge on any atom is -0.311 e. The first-order valence-corrected chi connectivity index (χ1v) is 11.7. The first-order valence-electron chi connectivity index (χ1n) is 9.42. The highest BCUT2D eigenvalue weighted by molar-refractivity contribution is 7.91. The number of benzene rings is 1. The zero-order valence-electron chi connectivity index (χ0n) is 15.9. The Bertz CT molecular complexity index is 1080. The van der Waals surface area contributed by atoms with E-state index in [1.807, 2.05) is 6.92 Å². The highest BCUT2D eigenvalue weighted by atomic mass is 32.2. The number of carbonyl (C=O) groups excluding carboxylic acids is 1. The third-order valence-electron chi connectivity index (χ3n) is 5.48. The standard InChI is InChI=1S/C19H21N3O5S2/c1-13-4-7-18(28-13)29(26,27)20-9-2-3-15(12-20)19(23)21-10-8-14-5-6-16(22(24)25)11-17(14)21/h4-7,11,15H,2-3,8-10,12H2,1H3. The van der Waals surface area contributed by atoms with E-state index in [9.17, 15) is 23.3 Å². The Morgan fingerprint density at radius 3 is 2.72 bits per heavy atom. The summed E-state index contributed by atoms with van der Waals surface area (Å²) in [6, 6.07) is 7.96. The lowest BCUT2D eigenvalue weighted by Gasteiger charge is -2.33. The first-order chi connectivity index (χ1) is 13.8. The van der Waals surface area contributed by atoms with Crippen molar-refractivity contribution >= 4 is 38.6 Å². The molecule has 1 unspecified atom stereocenters. The number of non-ortho nitro benzene ring substituents is 1. The molecule has 1 aromatic carbocycles. The van der Waals surface area contributed by atoms with Crippen LogP contribution in [0.25, 0.3) is 0 Å². The van der Waals surface area contributed by atoms with Gasteiger partial charge in [-0.2, -0.15) is 4.31 Å².